The second-order valence-electron chi connectivity index (χ2n) is 6.28. The van der Waals surface area contributed by atoms with Gasteiger partial charge in [0.1, 0.15) is 5.60 Å². The van der Waals surface area contributed by atoms with Gasteiger partial charge in [0.2, 0.25) is 0 Å². The second-order valence-corrected chi connectivity index (χ2v) is 6.69. The Morgan fingerprint density at radius 3 is 2.95 bits per heavy atom. The smallest absolute Gasteiger partial charge is 0.108 e. The van der Waals surface area contributed by atoms with Gasteiger partial charge in [-0.1, -0.05) is 11.6 Å². The van der Waals surface area contributed by atoms with Crippen molar-refractivity contribution in [2.75, 3.05) is 13.7 Å². The molecule has 0 aliphatic heterocycles. The molecule has 5 heteroatoms. The molecule has 2 aliphatic rings. The van der Waals surface area contributed by atoms with Crippen LogP contribution >= 0.6 is 11.6 Å². The molecule has 0 bridgehead atoms. The summed E-state index contributed by atoms with van der Waals surface area (Å²) in [6.07, 6.45) is 8.24. The molecule has 2 aliphatic carbocycles. The zero-order valence-corrected chi connectivity index (χ0v) is 12.8. The highest BCUT2D eigenvalue weighted by molar-refractivity contribution is 6.31. The van der Waals surface area contributed by atoms with Crippen molar-refractivity contribution in [2.45, 2.75) is 50.7 Å². The minimum Gasteiger partial charge on any atom is -0.384 e. The van der Waals surface area contributed by atoms with Crippen molar-refractivity contribution in [3.63, 3.8) is 0 Å². The van der Waals surface area contributed by atoms with Crippen LogP contribution in [0.3, 0.4) is 0 Å². The maximum Gasteiger partial charge on any atom is 0.108 e. The summed E-state index contributed by atoms with van der Waals surface area (Å²) in [7, 11) is 1.67. The Kier molecular flexibility index (Phi) is 4.07. The number of methoxy groups -OCH3 is 1. The minimum atomic E-state index is -0.813. The van der Waals surface area contributed by atoms with Gasteiger partial charge in [0.05, 0.1) is 30.1 Å². The van der Waals surface area contributed by atoms with Crippen LogP contribution in [0.25, 0.3) is 0 Å². The van der Waals surface area contributed by atoms with Crippen molar-refractivity contribution in [1.82, 2.24) is 9.78 Å². The van der Waals surface area contributed by atoms with Gasteiger partial charge in [-0.15, -0.1) is 0 Å². The Balaban J connectivity index is 1.83. The zero-order chi connectivity index (χ0) is 14.2. The minimum absolute atomic E-state index is 0.577. The van der Waals surface area contributed by atoms with Crippen LogP contribution in [0.4, 0.5) is 0 Å². The molecule has 1 heterocycles. The average molecular weight is 299 g/mol. The summed E-state index contributed by atoms with van der Waals surface area (Å²) in [5.41, 5.74) is -0.0195. The van der Waals surface area contributed by atoms with E-state index in [9.17, 15) is 5.11 Å². The lowest BCUT2D eigenvalue weighted by Gasteiger charge is -2.37. The number of ether oxygens (including phenoxy) is 1. The van der Waals surface area contributed by atoms with Crippen molar-refractivity contribution in [1.29, 1.82) is 0 Å². The maximum atomic E-state index is 11.2. The fourth-order valence-electron chi connectivity index (χ4n) is 3.65. The molecule has 0 radical (unpaired) electrons. The molecule has 2 saturated carbocycles. The van der Waals surface area contributed by atoms with E-state index < -0.39 is 5.60 Å². The topological polar surface area (TPSA) is 47.3 Å². The molecule has 0 amide bonds. The average Bonchev–Trinajstić information content (AvgIpc) is 3.20. The number of halogens is 1. The van der Waals surface area contributed by atoms with Gasteiger partial charge >= 0.3 is 0 Å². The number of aromatic nitrogens is 2. The summed E-state index contributed by atoms with van der Waals surface area (Å²) < 4.78 is 6.93. The van der Waals surface area contributed by atoms with Crippen molar-refractivity contribution < 1.29 is 9.84 Å². The lowest BCUT2D eigenvalue weighted by atomic mass is 9.74. The van der Waals surface area contributed by atoms with E-state index in [0.717, 1.165) is 30.9 Å². The lowest BCUT2D eigenvalue weighted by Crippen LogP contribution is -2.36. The third-order valence-electron chi connectivity index (χ3n) is 4.80. The van der Waals surface area contributed by atoms with E-state index in [2.05, 4.69) is 5.10 Å². The summed E-state index contributed by atoms with van der Waals surface area (Å²) in [4.78, 5) is 0. The van der Waals surface area contributed by atoms with Gasteiger partial charge in [-0.2, -0.15) is 5.10 Å². The zero-order valence-electron chi connectivity index (χ0n) is 12.0. The van der Waals surface area contributed by atoms with E-state index in [4.69, 9.17) is 16.3 Å². The molecule has 3 rings (SSSR count). The van der Waals surface area contributed by atoms with Crippen molar-refractivity contribution in [3.05, 3.63) is 16.9 Å². The van der Waals surface area contributed by atoms with Crippen molar-refractivity contribution in [3.8, 4) is 0 Å². The predicted molar refractivity (Wildman–Crippen MR) is 77.7 cm³/mol. The Morgan fingerprint density at radius 2 is 2.25 bits per heavy atom. The van der Waals surface area contributed by atoms with Crippen LogP contribution in [-0.4, -0.2) is 28.6 Å². The van der Waals surface area contributed by atoms with Crippen molar-refractivity contribution >= 4 is 11.6 Å². The summed E-state index contributed by atoms with van der Waals surface area (Å²) in [6, 6.07) is 0. The Hall–Kier alpha value is -0.580. The molecule has 0 spiro atoms. The van der Waals surface area contributed by atoms with Crippen LogP contribution in [0.15, 0.2) is 6.20 Å². The second kappa shape index (κ2) is 5.66. The van der Waals surface area contributed by atoms with Gasteiger partial charge in [-0.25, -0.2) is 0 Å². The normalized spacial score (nSPS) is 30.6. The van der Waals surface area contributed by atoms with Gasteiger partial charge in [0, 0.05) is 7.11 Å². The van der Waals surface area contributed by atoms with Crippen LogP contribution in [-0.2, 0) is 16.9 Å². The number of hydrogen-bond donors (Lipinski definition) is 1. The first-order valence-electron chi connectivity index (χ1n) is 7.57. The standard InChI is InChI=1S/C15H23ClN2O2/c1-20-8-7-18-14(13(16)10-17-18)15(19)6-2-3-12(9-15)11-4-5-11/h10-12,19H,2-9H2,1H3. The van der Waals surface area contributed by atoms with Gasteiger partial charge in [-0.3, -0.25) is 4.68 Å². The van der Waals surface area contributed by atoms with Gasteiger partial charge < -0.3 is 9.84 Å². The Morgan fingerprint density at radius 1 is 1.45 bits per heavy atom. The van der Waals surface area contributed by atoms with Crippen LogP contribution in [0.5, 0.6) is 0 Å². The molecule has 0 saturated heterocycles. The number of aliphatic hydroxyl groups is 1. The third kappa shape index (κ3) is 2.74. The van der Waals surface area contributed by atoms with Crippen LogP contribution in [0.1, 0.15) is 44.2 Å². The molecule has 2 atom stereocenters. The van der Waals surface area contributed by atoms with Gasteiger partial charge in [0.15, 0.2) is 0 Å². The van der Waals surface area contributed by atoms with E-state index >= 15 is 0 Å². The fourth-order valence-corrected chi connectivity index (χ4v) is 3.97. The van der Waals surface area contributed by atoms with E-state index in [1.165, 1.54) is 19.3 Å². The molecule has 1 aromatic rings. The molecule has 1 aromatic heterocycles. The lowest BCUT2D eigenvalue weighted by molar-refractivity contribution is -0.0328. The van der Waals surface area contributed by atoms with Crippen LogP contribution in [0, 0.1) is 11.8 Å². The predicted octanol–water partition coefficient (Wildman–Crippen LogP) is 2.97. The molecule has 20 heavy (non-hydrogen) atoms. The highest BCUT2D eigenvalue weighted by Gasteiger charge is 2.44. The summed E-state index contributed by atoms with van der Waals surface area (Å²) in [5.74, 6) is 1.48. The van der Waals surface area contributed by atoms with Crippen LogP contribution in [0.2, 0.25) is 5.02 Å². The molecular formula is C15H23ClN2O2. The van der Waals surface area contributed by atoms with E-state index in [0.29, 0.717) is 24.1 Å². The first kappa shape index (κ1) is 14.4. The number of rotatable bonds is 5. The Bertz CT molecular complexity index is 472. The molecule has 112 valence electrons. The molecule has 2 fully saturated rings. The molecule has 1 N–H and O–H groups in total. The summed E-state index contributed by atoms with van der Waals surface area (Å²) in [6.45, 7) is 1.21. The highest BCUT2D eigenvalue weighted by Crippen LogP contribution is 2.50. The molecule has 2 unspecified atom stereocenters. The Labute approximate surface area is 125 Å². The maximum absolute atomic E-state index is 11.2. The quantitative estimate of drug-likeness (QED) is 0.909. The SMILES string of the molecule is COCCn1ncc(Cl)c1C1(O)CCCC(C2CC2)C1. The first-order chi connectivity index (χ1) is 9.64. The highest BCUT2D eigenvalue weighted by atomic mass is 35.5. The van der Waals surface area contributed by atoms with Gasteiger partial charge in [0.25, 0.3) is 0 Å². The third-order valence-corrected chi connectivity index (χ3v) is 5.07. The summed E-state index contributed by atoms with van der Waals surface area (Å²) in [5, 5.41) is 16.0. The van der Waals surface area contributed by atoms with Crippen LogP contribution < -0.4 is 0 Å². The largest absolute Gasteiger partial charge is 0.384 e. The molecule has 4 nitrogen and oxygen atoms in total. The monoisotopic (exact) mass is 298 g/mol. The first-order valence-corrected chi connectivity index (χ1v) is 7.95. The molecular weight excluding hydrogens is 276 g/mol. The fraction of sp³-hybridized carbons (Fsp3) is 0.800. The van der Waals surface area contributed by atoms with E-state index in [1.807, 2.05) is 4.68 Å². The van der Waals surface area contributed by atoms with Gasteiger partial charge in [-0.05, 0) is 50.4 Å². The van der Waals surface area contributed by atoms with E-state index in [1.54, 1.807) is 13.3 Å². The summed E-state index contributed by atoms with van der Waals surface area (Å²) >= 11 is 6.31. The molecule has 0 aromatic carbocycles. The van der Waals surface area contributed by atoms with Crippen molar-refractivity contribution in [2.24, 2.45) is 11.8 Å². The number of hydrogen-bond acceptors (Lipinski definition) is 3. The van der Waals surface area contributed by atoms with E-state index in [-0.39, 0.29) is 0 Å². The number of nitrogens with zero attached hydrogens (tertiary/aromatic N) is 2.